The van der Waals surface area contributed by atoms with Gasteiger partial charge in [0.25, 0.3) is 5.91 Å². The van der Waals surface area contributed by atoms with Gasteiger partial charge in [0.2, 0.25) is 10.0 Å². The smallest absolute Gasteiger partial charge is 0.475 e. The molecule has 1 heterocycles. The molecule has 14 heteroatoms. The molecule has 0 bridgehead atoms. The van der Waals surface area contributed by atoms with Gasteiger partial charge in [0.05, 0.1) is 5.75 Å². The maximum absolute atomic E-state index is 13.2. The Morgan fingerprint density at radius 3 is 2.00 bits per heavy atom. The quantitative estimate of drug-likeness (QED) is 0.443. The van der Waals surface area contributed by atoms with Crippen molar-refractivity contribution in [2.75, 3.05) is 64.7 Å². The number of alkyl halides is 3. The summed E-state index contributed by atoms with van der Waals surface area (Å²) < 4.78 is 71.7. The van der Waals surface area contributed by atoms with E-state index in [0.29, 0.717) is 44.8 Å². The number of rotatable bonds is 10. The molecule has 0 radical (unpaired) electrons. The number of hydrogen-bond acceptors (Lipinski definition) is 6. The van der Waals surface area contributed by atoms with Crippen LogP contribution in [0.2, 0.25) is 0 Å². The highest BCUT2D eigenvalue weighted by Crippen LogP contribution is 2.13. The number of benzene rings is 1. The van der Waals surface area contributed by atoms with Gasteiger partial charge in [-0.05, 0) is 37.4 Å². The van der Waals surface area contributed by atoms with Gasteiger partial charge in [0.1, 0.15) is 5.82 Å². The summed E-state index contributed by atoms with van der Waals surface area (Å²) >= 11 is 0. The van der Waals surface area contributed by atoms with Crippen molar-refractivity contribution < 1.29 is 40.7 Å². The van der Waals surface area contributed by atoms with Crippen molar-refractivity contribution in [3.05, 3.63) is 35.6 Å². The molecule has 200 valence electrons. The number of aliphatic carboxylic acids is 1. The second kappa shape index (κ2) is 14.3. The SMILES string of the molecule is CCN(CC)CCN(CCS(=O)(=O)N1CCNCC1)C(=O)c1ccc(F)cc1.O=C(O)C(F)(F)F. The summed E-state index contributed by atoms with van der Waals surface area (Å²) in [5.41, 5.74) is 0.362. The van der Waals surface area contributed by atoms with Crippen molar-refractivity contribution in [3.8, 4) is 0 Å². The molecule has 0 spiro atoms. The maximum Gasteiger partial charge on any atom is 0.490 e. The number of carbonyl (C=O) groups excluding carboxylic acids is 1. The third-order valence-corrected chi connectivity index (χ3v) is 7.14. The predicted molar refractivity (Wildman–Crippen MR) is 122 cm³/mol. The van der Waals surface area contributed by atoms with Gasteiger partial charge in [-0.25, -0.2) is 17.6 Å². The first kappa shape index (κ1) is 30.7. The first-order valence-corrected chi connectivity index (χ1v) is 12.7. The van der Waals surface area contributed by atoms with Crippen molar-refractivity contribution in [1.29, 1.82) is 0 Å². The normalized spacial score (nSPS) is 14.8. The molecule has 35 heavy (non-hydrogen) atoms. The molecule has 1 amide bonds. The molecule has 0 unspecified atom stereocenters. The molecular weight excluding hydrogens is 496 g/mol. The van der Waals surface area contributed by atoms with E-state index in [1.54, 1.807) is 4.90 Å². The summed E-state index contributed by atoms with van der Waals surface area (Å²) in [5.74, 6) is -3.55. The van der Waals surface area contributed by atoms with Gasteiger partial charge in [-0.15, -0.1) is 0 Å². The highest BCUT2D eigenvalue weighted by atomic mass is 32.2. The van der Waals surface area contributed by atoms with Crippen molar-refractivity contribution in [2.24, 2.45) is 0 Å². The van der Waals surface area contributed by atoms with Crippen LogP contribution in [0.1, 0.15) is 24.2 Å². The second-order valence-corrected chi connectivity index (χ2v) is 9.68. The Labute approximate surface area is 202 Å². The number of carbonyl (C=O) groups is 2. The van der Waals surface area contributed by atoms with Crippen LogP contribution in [-0.4, -0.2) is 110 Å². The fourth-order valence-corrected chi connectivity index (χ4v) is 4.62. The van der Waals surface area contributed by atoms with Crippen LogP contribution in [0.15, 0.2) is 24.3 Å². The van der Waals surface area contributed by atoms with Crippen molar-refractivity contribution >= 4 is 21.9 Å². The van der Waals surface area contributed by atoms with E-state index in [2.05, 4.69) is 10.2 Å². The molecule has 0 aromatic heterocycles. The summed E-state index contributed by atoms with van der Waals surface area (Å²) in [6.07, 6.45) is -5.08. The van der Waals surface area contributed by atoms with E-state index >= 15 is 0 Å². The largest absolute Gasteiger partial charge is 0.490 e. The third kappa shape index (κ3) is 10.9. The topological polar surface area (TPSA) is 110 Å². The zero-order chi connectivity index (χ0) is 26.6. The van der Waals surface area contributed by atoms with Crippen LogP contribution < -0.4 is 5.32 Å². The Balaban J connectivity index is 0.000000762. The van der Waals surface area contributed by atoms with E-state index < -0.39 is 28.0 Å². The number of carboxylic acids is 1. The third-order valence-electron chi connectivity index (χ3n) is 5.29. The van der Waals surface area contributed by atoms with Gasteiger partial charge in [0, 0.05) is 51.4 Å². The number of carboxylic acid groups (broad SMARTS) is 1. The van der Waals surface area contributed by atoms with Gasteiger partial charge < -0.3 is 20.2 Å². The first-order valence-electron chi connectivity index (χ1n) is 11.1. The maximum atomic E-state index is 13.2. The molecule has 1 aliphatic rings. The van der Waals surface area contributed by atoms with Gasteiger partial charge >= 0.3 is 12.1 Å². The minimum atomic E-state index is -5.08. The Morgan fingerprint density at radius 1 is 1.03 bits per heavy atom. The fraction of sp³-hybridized carbons (Fsp3) is 0.619. The highest BCUT2D eigenvalue weighted by Gasteiger charge is 2.38. The standard InChI is InChI=1S/C19H31FN4O3S.C2HF3O2/c1-3-22(4-2)13-14-23(19(25)17-5-7-18(20)8-6-17)15-16-28(26,27)24-11-9-21-10-12-24;3-2(4,5)1(6)7/h5-8,21H,3-4,9-16H2,1-2H3;(H,6,7). The predicted octanol–water partition coefficient (Wildman–Crippen LogP) is 1.48. The zero-order valence-corrected chi connectivity index (χ0v) is 20.5. The Kier molecular flexibility index (Phi) is 12.6. The van der Waals surface area contributed by atoms with E-state index in [-0.39, 0.29) is 18.2 Å². The Morgan fingerprint density at radius 2 is 1.54 bits per heavy atom. The lowest BCUT2D eigenvalue weighted by atomic mass is 10.2. The van der Waals surface area contributed by atoms with E-state index in [1.807, 2.05) is 13.8 Å². The van der Waals surface area contributed by atoms with Crippen LogP contribution in [0, 0.1) is 5.82 Å². The number of likely N-dealkylation sites (N-methyl/N-ethyl adjacent to an activating group) is 1. The van der Waals surface area contributed by atoms with E-state index in [9.17, 15) is 30.8 Å². The van der Waals surface area contributed by atoms with Gasteiger partial charge in [-0.2, -0.15) is 17.5 Å². The average Bonchev–Trinajstić information content (AvgIpc) is 2.82. The average molecular weight is 529 g/mol. The Bertz CT molecular complexity index is 903. The summed E-state index contributed by atoms with van der Waals surface area (Å²) in [6, 6.07) is 5.36. The number of sulfonamides is 1. The van der Waals surface area contributed by atoms with E-state index in [4.69, 9.17) is 9.90 Å². The van der Waals surface area contributed by atoms with Crippen LogP contribution >= 0.6 is 0 Å². The summed E-state index contributed by atoms with van der Waals surface area (Å²) in [7, 11) is -3.42. The number of halogens is 4. The summed E-state index contributed by atoms with van der Waals surface area (Å²) in [5, 5.41) is 10.3. The van der Waals surface area contributed by atoms with Crippen LogP contribution in [0.3, 0.4) is 0 Å². The van der Waals surface area contributed by atoms with Crippen molar-refractivity contribution in [3.63, 3.8) is 0 Å². The van der Waals surface area contributed by atoms with Crippen molar-refractivity contribution in [1.82, 2.24) is 19.4 Å². The molecule has 1 saturated heterocycles. The molecule has 0 saturated carbocycles. The van der Waals surface area contributed by atoms with Gasteiger partial charge in [-0.1, -0.05) is 13.8 Å². The lowest BCUT2D eigenvalue weighted by molar-refractivity contribution is -0.192. The molecule has 0 atom stereocenters. The molecule has 1 fully saturated rings. The lowest BCUT2D eigenvalue weighted by Crippen LogP contribution is -2.49. The van der Waals surface area contributed by atoms with Crippen LogP contribution in [0.4, 0.5) is 17.6 Å². The fourth-order valence-electron chi connectivity index (χ4n) is 3.17. The Hall–Kier alpha value is -2.29. The number of piperazine rings is 1. The number of amides is 1. The number of nitrogens with zero attached hydrogens (tertiary/aromatic N) is 3. The molecule has 2 rings (SSSR count). The lowest BCUT2D eigenvalue weighted by Gasteiger charge is -2.29. The van der Waals surface area contributed by atoms with Crippen LogP contribution in [0.25, 0.3) is 0 Å². The number of nitrogens with one attached hydrogen (secondary N) is 1. The second-order valence-electron chi connectivity index (χ2n) is 7.59. The van der Waals surface area contributed by atoms with Gasteiger partial charge in [0.15, 0.2) is 0 Å². The van der Waals surface area contributed by atoms with E-state index in [1.165, 1.54) is 28.6 Å². The minimum absolute atomic E-state index is 0.113. The molecule has 1 aromatic carbocycles. The van der Waals surface area contributed by atoms with Gasteiger partial charge in [-0.3, -0.25) is 4.79 Å². The zero-order valence-electron chi connectivity index (χ0n) is 19.7. The minimum Gasteiger partial charge on any atom is -0.475 e. The number of hydrogen-bond donors (Lipinski definition) is 2. The molecule has 2 N–H and O–H groups in total. The first-order chi connectivity index (χ1) is 16.3. The summed E-state index contributed by atoms with van der Waals surface area (Å²) in [6.45, 7) is 9.18. The van der Waals surface area contributed by atoms with E-state index in [0.717, 1.165) is 13.1 Å². The monoisotopic (exact) mass is 528 g/mol. The molecule has 1 aliphatic heterocycles. The molecule has 9 nitrogen and oxygen atoms in total. The van der Waals surface area contributed by atoms with Crippen LogP contribution in [0.5, 0.6) is 0 Å². The van der Waals surface area contributed by atoms with Crippen molar-refractivity contribution in [2.45, 2.75) is 20.0 Å². The molecule has 1 aromatic rings. The summed E-state index contributed by atoms with van der Waals surface area (Å²) in [4.78, 5) is 25.5. The van der Waals surface area contributed by atoms with Crippen LogP contribution in [-0.2, 0) is 14.8 Å². The molecular formula is C21H32F4N4O5S. The molecule has 0 aliphatic carbocycles. The highest BCUT2D eigenvalue weighted by molar-refractivity contribution is 7.89.